The van der Waals surface area contributed by atoms with Gasteiger partial charge in [-0.3, -0.25) is 0 Å². The molecule has 0 aliphatic carbocycles. The molecule has 3 nitrogen and oxygen atoms in total. The predicted octanol–water partition coefficient (Wildman–Crippen LogP) is 6.05. The monoisotopic (exact) mass is 500 g/mol. The number of fused-ring (bicyclic) bond motifs is 1. The van der Waals surface area contributed by atoms with Crippen LogP contribution in [0, 0.1) is 3.70 Å². The van der Waals surface area contributed by atoms with Gasteiger partial charge in [-0.25, -0.2) is 4.68 Å². The van der Waals surface area contributed by atoms with Gasteiger partial charge in [-0.1, -0.05) is 69.9 Å². The summed E-state index contributed by atoms with van der Waals surface area (Å²) in [6.45, 7) is 4.08. The van der Waals surface area contributed by atoms with E-state index >= 15 is 0 Å². The number of halogens is 1. The van der Waals surface area contributed by atoms with Crippen molar-refractivity contribution in [3.63, 3.8) is 0 Å². The molecule has 0 aliphatic heterocycles. The molecular weight excluding hydrogens is 478 g/mol. The summed E-state index contributed by atoms with van der Waals surface area (Å²) >= 11 is 2.31. The Morgan fingerprint density at radius 3 is 2.04 bits per heavy atom. The van der Waals surface area contributed by atoms with Gasteiger partial charge >= 0.3 is 0 Å². The van der Waals surface area contributed by atoms with Gasteiger partial charge in [0.1, 0.15) is 14.7 Å². The molecule has 0 spiro atoms. The van der Waals surface area contributed by atoms with Crippen LogP contribution < -0.4 is 4.74 Å². The van der Waals surface area contributed by atoms with Gasteiger partial charge < -0.3 is 4.74 Å². The van der Waals surface area contributed by atoms with Crippen LogP contribution in [0.2, 0.25) is 0 Å². The molecule has 3 aromatic carbocycles. The highest BCUT2D eigenvalue weighted by molar-refractivity contribution is 14.1. The van der Waals surface area contributed by atoms with Gasteiger partial charge in [-0.15, -0.1) is 0 Å². The average molecular weight is 500 g/mol. The molecule has 0 fully saturated rings. The Morgan fingerprint density at radius 2 is 1.50 bits per heavy atom. The highest BCUT2D eigenvalue weighted by Gasteiger charge is 2.34. The second kappa shape index (κ2) is 7.84. The fourth-order valence-electron chi connectivity index (χ4n) is 3.47. The standard InChI is InChI=1S/C23H22IN2OP/c1-16(2)27-19-13-14-21-20(15-19)22(24)25-26(21)23(28,17-9-5-3-6-10-17)18-11-7-4-8-12-18/h3-16H,28H2,1-2H3. The van der Waals surface area contributed by atoms with Crippen molar-refractivity contribution >= 4 is 42.7 Å². The fourth-order valence-corrected chi connectivity index (χ4v) is 4.70. The van der Waals surface area contributed by atoms with E-state index in [-0.39, 0.29) is 6.10 Å². The molecule has 1 atom stereocenters. The molecule has 4 rings (SSSR count). The normalized spacial score (nSPS) is 11.9. The zero-order valence-corrected chi connectivity index (χ0v) is 19.2. The zero-order chi connectivity index (χ0) is 19.7. The lowest BCUT2D eigenvalue weighted by atomic mass is 9.97. The smallest absolute Gasteiger partial charge is 0.131 e. The maximum absolute atomic E-state index is 5.90. The second-order valence-corrected chi connectivity index (χ2v) is 8.90. The first-order valence-corrected chi connectivity index (χ1v) is 10.9. The Morgan fingerprint density at radius 1 is 0.929 bits per heavy atom. The van der Waals surface area contributed by atoms with Gasteiger partial charge in [0.25, 0.3) is 0 Å². The first-order chi connectivity index (χ1) is 13.5. The number of nitrogens with zero attached hydrogens (tertiary/aromatic N) is 2. The first-order valence-electron chi connectivity index (χ1n) is 9.25. The van der Waals surface area contributed by atoms with Crippen LogP contribution >= 0.6 is 31.8 Å². The maximum atomic E-state index is 5.90. The lowest BCUT2D eigenvalue weighted by Gasteiger charge is -2.32. The van der Waals surface area contributed by atoms with Gasteiger partial charge in [0.2, 0.25) is 0 Å². The molecule has 142 valence electrons. The minimum absolute atomic E-state index is 0.139. The Balaban J connectivity index is 1.96. The predicted molar refractivity (Wildman–Crippen MR) is 127 cm³/mol. The minimum Gasteiger partial charge on any atom is -0.491 e. The number of ether oxygens (including phenoxy) is 1. The molecule has 4 aromatic rings. The van der Waals surface area contributed by atoms with Crippen LogP contribution in [0.1, 0.15) is 25.0 Å². The topological polar surface area (TPSA) is 27.1 Å². The second-order valence-electron chi connectivity index (χ2n) is 7.05. The maximum Gasteiger partial charge on any atom is 0.131 e. The van der Waals surface area contributed by atoms with Crippen LogP contribution in [0.4, 0.5) is 0 Å². The summed E-state index contributed by atoms with van der Waals surface area (Å²) in [5.41, 5.74) is 3.40. The highest BCUT2D eigenvalue weighted by Crippen LogP contribution is 2.42. The van der Waals surface area contributed by atoms with E-state index in [1.807, 2.05) is 32.0 Å². The van der Waals surface area contributed by atoms with E-state index in [2.05, 4.69) is 97.2 Å². The van der Waals surface area contributed by atoms with Gasteiger partial charge in [-0.2, -0.15) is 5.10 Å². The van der Waals surface area contributed by atoms with Crippen LogP contribution in [0.25, 0.3) is 10.9 Å². The van der Waals surface area contributed by atoms with Gasteiger partial charge in [0.05, 0.1) is 11.6 Å². The van der Waals surface area contributed by atoms with E-state index in [0.717, 1.165) is 31.5 Å². The SMILES string of the molecule is CC(C)Oc1ccc2c(c1)c(I)nn2C(P)(c1ccccc1)c1ccccc1. The first kappa shape index (κ1) is 19.4. The van der Waals surface area contributed by atoms with Crippen molar-refractivity contribution in [2.24, 2.45) is 0 Å². The summed E-state index contributed by atoms with van der Waals surface area (Å²) < 4.78 is 8.96. The van der Waals surface area contributed by atoms with E-state index in [1.165, 1.54) is 0 Å². The van der Waals surface area contributed by atoms with Crippen molar-refractivity contribution in [2.45, 2.75) is 25.2 Å². The average Bonchev–Trinajstić information content (AvgIpc) is 3.05. The lowest BCUT2D eigenvalue weighted by molar-refractivity contribution is 0.243. The van der Waals surface area contributed by atoms with E-state index in [4.69, 9.17) is 9.84 Å². The summed E-state index contributed by atoms with van der Waals surface area (Å²) in [5, 5.41) is 5.55. The van der Waals surface area contributed by atoms with Crippen molar-refractivity contribution in [1.82, 2.24) is 9.78 Å². The quantitative estimate of drug-likeness (QED) is 0.246. The molecule has 0 saturated heterocycles. The van der Waals surface area contributed by atoms with Crippen molar-refractivity contribution in [2.75, 3.05) is 0 Å². The van der Waals surface area contributed by atoms with E-state index in [0.29, 0.717) is 0 Å². The molecule has 1 heterocycles. The highest BCUT2D eigenvalue weighted by atomic mass is 127. The van der Waals surface area contributed by atoms with Crippen LogP contribution in [0.5, 0.6) is 5.75 Å². The Bertz CT molecular complexity index is 1050. The third-order valence-electron chi connectivity index (χ3n) is 4.74. The number of rotatable bonds is 5. The Hall–Kier alpha value is -1.91. The van der Waals surface area contributed by atoms with Crippen LogP contribution in [0.3, 0.4) is 0 Å². The fraction of sp³-hybridized carbons (Fsp3) is 0.174. The van der Waals surface area contributed by atoms with Gasteiger partial charge in [0.15, 0.2) is 0 Å². The molecule has 0 amide bonds. The molecule has 0 aliphatic rings. The van der Waals surface area contributed by atoms with Gasteiger partial charge in [-0.05, 0) is 65.8 Å². The molecule has 0 N–H and O–H groups in total. The summed E-state index contributed by atoms with van der Waals surface area (Å²) in [5.74, 6) is 0.869. The number of hydrogen-bond donors (Lipinski definition) is 0. The molecule has 0 radical (unpaired) electrons. The van der Waals surface area contributed by atoms with Crippen LogP contribution in [0.15, 0.2) is 78.9 Å². The lowest BCUT2D eigenvalue weighted by Crippen LogP contribution is -2.30. The van der Waals surface area contributed by atoms with E-state index in [1.54, 1.807) is 0 Å². The van der Waals surface area contributed by atoms with Crippen molar-refractivity contribution < 1.29 is 4.74 Å². The molecule has 1 aromatic heterocycles. The minimum atomic E-state index is -0.509. The molecule has 28 heavy (non-hydrogen) atoms. The summed E-state index contributed by atoms with van der Waals surface area (Å²) in [6, 6.07) is 27.2. The summed E-state index contributed by atoms with van der Waals surface area (Å²) in [7, 11) is 3.05. The Kier molecular flexibility index (Phi) is 5.44. The molecular formula is C23H22IN2OP. The number of aromatic nitrogens is 2. The molecule has 0 bridgehead atoms. The van der Waals surface area contributed by atoms with Crippen molar-refractivity contribution in [1.29, 1.82) is 0 Å². The molecule has 0 saturated carbocycles. The number of hydrogen-bond acceptors (Lipinski definition) is 2. The number of benzene rings is 3. The molecule has 5 heteroatoms. The van der Waals surface area contributed by atoms with E-state index in [9.17, 15) is 0 Å². The van der Waals surface area contributed by atoms with E-state index < -0.39 is 5.28 Å². The summed E-state index contributed by atoms with van der Waals surface area (Å²) in [6.07, 6.45) is 0.139. The van der Waals surface area contributed by atoms with Crippen LogP contribution in [-0.4, -0.2) is 15.9 Å². The summed E-state index contributed by atoms with van der Waals surface area (Å²) in [4.78, 5) is 0. The largest absolute Gasteiger partial charge is 0.491 e. The van der Waals surface area contributed by atoms with Crippen molar-refractivity contribution in [3.05, 3.63) is 93.7 Å². The van der Waals surface area contributed by atoms with Crippen LogP contribution in [-0.2, 0) is 5.28 Å². The third kappa shape index (κ3) is 3.44. The zero-order valence-electron chi connectivity index (χ0n) is 15.8. The van der Waals surface area contributed by atoms with Gasteiger partial charge in [0, 0.05) is 5.39 Å². The molecule has 1 unspecified atom stereocenters. The third-order valence-corrected chi connectivity index (χ3v) is 6.45. The Labute approximate surface area is 181 Å². The van der Waals surface area contributed by atoms with Crippen molar-refractivity contribution in [3.8, 4) is 5.75 Å².